The molecule has 4 rings (SSSR count). The molecule has 1 unspecified atom stereocenters. The molecule has 1 aromatic heterocycles. The first-order valence-corrected chi connectivity index (χ1v) is 10.9. The van der Waals surface area contributed by atoms with Crippen LogP contribution >= 0.6 is 0 Å². The zero-order valence-electron chi connectivity index (χ0n) is 15.8. The fourth-order valence-electron chi connectivity index (χ4n) is 3.90. The monoisotopic (exact) mass is 400 g/mol. The van der Waals surface area contributed by atoms with Gasteiger partial charge < -0.3 is 10.8 Å². The van der Waals surface area contributed by atoms with Crippen molar-refractivity contribution in [1.29, 1.82) is 0 Å². The van der Waals surface area contributed by atoms with Crippen molar-refractivity contribution in [1.82, 2.24) is 9.29 Å². The number of aromatic nitrogens is 1. The molecule has 0 bridgehead atoms. The summed E-state index contributed by atoms with van der Waals surface area (Å²) in [6, 6.07) is 9.04. The van der Waals surface area contributed by atoms with Gasteiger partial charge in [-0.15, -0.1) is 0 Å². The predicted octanol–water partition coefficient (Wildman–Crippen LogP) is 1.67. The van der Waals surface area contributed by atoms with Gasteiger partial charge in [0.25, 0.3) is 0 Å². The number of nitrogens with two attached hydrogens (primary N) is 1. The highest BCUT2D eigenvalue weighted by Gasteiger charge is 2.32. The highest BCUT2D eigenvalue weighted by molar-refractivity contribution is 7.89. The van der Waals surface area contributed by atoms with Crippen molar-refractivity contribution in [2.45, 2.75) is 31.2 Å². The summed E-state index contributed by atoms with van der Waals surface area (Å²) in [5.41, 5.74) is 10.1. The van der Waals surface area contributed by atoms with Crippen LogP contribution in [-0.4, -0.2) is 48.3 Å². The zero-order valence-corrected chi connectivity index (χ0v) is 16.6. The molecule has 0 aliphatic carbocycles. The number of rotatable bonds is 5. The Labute approximate surface area is 165 Å². The normalized spacial score (nSPS) is 19.6. The second kappa shape index (κ2) is 7.27. The summed E-state index contributed by atoms with van der Waals surface area (Å²) in [4.78, 5) is 9.12. The first-order chi connectivity index (χ1) is 13.4. The van der Waals surface area contributed by atoms with Crippen molar-refractivity contribution in [3.8, 4) is 11.3 Å². The molecule has 3 N–H and O–H groups in total. The van der Waals surface area contributed by atoms with Crippen molar-refractivity contribution >= 4 is 15.9 Å². The summed E-state index contributed by atoms with van der Waals surface area (Å²) < 4.78 is 27.5. The largest absolute Gasteiger partial charge is 0.396 e. The van der Waals surface area contributed by atoms with Gasteiger partial charge in [-0.3, -0.25) is 4.99 Å². The Bertz CT molecular complexity index is 1050. The van der Waals surface area contributed by atoms with Gasteiger partial charge in [-0.25, -0.2) is 13.4 Å². The highest BCUT2D eigenvalue weighted by Crippen LogP contribution is 2.30. The lowest BCUT2D eigenvalue weighted by Gasteiger charge is -2.18. The molecule has 2 aromatic rings. The van der Waals surface area contributed by atoms with Crippen LogP contribution in [0.25, 0.3) is 11.3 Å². The van der Waals surface area contributed by atoms with Gasteiger partial charge in [-0.2, -0.15) is 4.31 Å². The third-order valence-electron chi connectivity index (χ3n) is 5.54. The third kappa shape index (κ3) is 3.32. The van der Waals surface area contributed by atoms with Gasteiger partial charge in [-0.05, 0) is 49.4 Å². The van der Waals surface area contributed by atoms with Gasteiger partial charge in [0.2, 0.25) is 10.0 Å². The Hall–Kier alpha value is -2.29. The van der Waals surface area contributed by atoms with Crippen molar-refractivity contribution in [3.05, 3.63) is 47.2 Å². The standard InChI is InChI=1S/C20H24N4O3S/c1-13-10-16(28(26,27)24-8-6-14(12-24)7-9-25)3-4-17(13)18-5-2-15-11-22-20(21)19(15)23-18/h2-5,10,14,25H,6-9,11-12H2,1H3,(H2,21,22). The zero-order chi connectivity index (χ0) is 19.9. The summed E-state index contributed by atoms with van der Waals surface area (Å²) in [6.07, 6.45) is 1.43. The molecule has 2 aliphatic heterocycles. The number of benzene rings is 1. The Morgan fingerprint density at radius 2 is 2.11 bits per heavy atom. The number of pyridine rings is 1. The van der Waals surface area contributed by atoms with Crippen LogP contribution in [0.4, 0.5) is 0 Å². The van der Waals surface area contributed by atoms with Gasteiger partial charge >= 0.3 is 0 Å². The quantitative estimate of drug-likeness (QED) is 0.793. The molecule has 1 atom stereocenters. The number of hydrogen-bond acceptors (Lipinski definition) is 6. The molecule has 0 spiro atoms. The van der Waals surface area contributed by atoms with Crippen LogP contribution in [-0.2, 0) is 16.6 Å². The maximum absolute atomic E-state index is 13.0. The SMILES string of the molecule is Cc1cc(S(=O)(=O)N2CCC(CCO)C2)ccc1-c1ccc2c(n1)C(N)=NC2. The molecule has 1 saturated heterocycles. The maximum atomic E-state index is 13.0. The Morgan fingerprint density at radius 1 is 1.29 bits per heavy atom. The molecule has 2 aliphatic rings. The Balaban J connectivity index is 1.62. The van der Waals surface area contributed by atoms with Crippen molar-refractivity contribution in [2.24, 2.45) is 16.6 Å². The van der Waals surface area contributed by atoms with E-state index in [1.165, 1.54) is 4.31 Å². The molecule has 0 radical (unpaired) electrons. The summed E-state index contributed by atoms with van der Waals surface area (Å²) in [5.74, 6) is 0.669. The van der Waals surface area contributed by atoms with E-state index in [-0.39, 0.29) is 12.5 Å². The molecular weight excluding hydrogens is 376 g/mol. The summed E-state index contributed by atoms with van der Waals surface area (Å²) in [5, 5.41) is 9.09. The number of amidine groups is 1. The first kappa shape index (κ1) is 19.0. The average Bonchev–Trinajstić information content (AvgIpc) is 3.29. The Kier molecular flexibility index (Phi) is 4.95. The van der Waals surface area contributed by atoms with E-state index in [9.17, 15) is 8.42 Å². The molecule has 148 valence electrons. The van der Waals surface area contributed by atoms with Gasteiger partial charge in [0.15, 0.2) is 0 Å². The van der Waals surface area contributed by atoms with Gasteiger partial charge in [0, 0.05) is 30.8 Å². The lowest BCUT2D eigenvalue weighted by Crippen LogP contribution is -2.29. The average molecular weight is 401 g/mol. The Morgan fingerprint density at radius 3 is 2.86 bits per heavy atom. The predicted molar refractivity (Wildman–Crippen MR) is 107 cm³/mol. The molecule has 7 nitrogen and oxygen atoms in total. The lowest BCUT2D eigenvalue weighted by atomic mass is 10.0. The van der Waals surface area contributed by atoms with E-state index in [0.29, 0.717) is 42.5 Å². The van der Waals surface area contributed by atoms with Gasteiger partial charge in [0.05, 0.1) is 17.1 Å². The molecule has 3 heterocycles. The minimum absolute atomic E-state index is 0.0926. The van der Waals surface area contributed by atoms with Crippen LogP contribution in [0.5, 0.6) is 0 Å². The summed E-state index contributed by atoms with van der Waals surface area (Å²) in [6.45, 7) is 3.50. The van der Waals surface area contributed by atoms with E-state index >= 15 is 0 Å². The van der Waals surface area contributed by atoms with Crippen molar-refractivity contribution < 1.29 is 13.5 Å². The first-order valence-electron chi connectivity index (χ1n) is 9.42. The molecule has 1 fully saturated rings. The maximum Gasteiger partial charge on any atom is 0.243 e. The number of sulfonamides is 1. The molecular formula is C20H24N4O3S. The van der Waals surface area contributed by atoms with Crippen LogP contribution in [0.15, 0.2) is 40.2 Å². The number of aryl methyl sites for hydroxylation is 1. The molecule has 1 aromatic carbocycles. The van der Waals surface area contributed by atoms with E-state index < -0.39 is 10.0 Å². The van der Waals surface area contributed by atoms with Gasteiger partial charge in [-0.1, -0.05) is 12.1 Å². The van der Waals surface area contributed by atoms with E-state index in [2.05, 4.69) is 9.98 Å². The smallest absolute Gasteiger partial charge is 0.243 e. The van der Waals surface area contributed by atoms with Crippen LogP contribution in [0.2, 0.25) is 0 Å². The number of nitrogens with zero attached hydrogens (tertiary/aromatic N) is 3. The number of hydrogen-bond donors (Lipinski definition) is 2. The molecule has 28 heavy (non-hydrogen) atoms. The fraction of sp³-hybridized carbons (Fsp3) is 0.400. The van der Waals surface area contributed by atoms with Crippen molar-refractivity contribution in [3.63, 3.8) is 0 Å². The van der Waals surface area contributed by atoms with E-state index in [4.69, 9.17) is 10.8 Å². The second-order valence-electron chi connectivity index (χ2n) is 7.41. The van der Waals surface area contributed by atoms with Crippen LogP contribution in [0.3, 0.4) is 0 Å². The minimum atomic E-state index is -3.54. The lowest BCUT2D eigenvalue weighted by molar-refractivity contribution is 0.259. The summed E-state index contributed by atoms with van der Waals surface area (Å²) in [7, 11) is -3.54. The van der Waals surface area contributed by atoms with E-state index in [0.717, 1.165) is 28.8 Å². The van der Waals surface area contributed by atoms with Crippen LogP contribution < -0.4 is 5.73 Å². The van der Waals surface area contributed by atoms with E-state index in [1.807, 2.05) is 19.1 Å². The summed E-state index contributed by atoms with van der Waals surface area (Å²) >= 11 is 0. The molecule has 8 heteroatoms. The highest BCUT2D eigenvalue weighted by atomic mass is 32.2. The number of aliphatic imine (C=N–C) groups is 1. The molecule has 0 amide bonds. The number of aliphatic hydroxyl groups is 1. The fourth-order valence-corrected chi connectivity index (χ4v) is 5.52. The number of aliphatic hydroxyl groups excluding tert-OH is 1. The molecule has 0 saturated carbocycles. The van der Waals surface area contributed by atoms with Crippen LogP contribution in [0, 0.1) is 12.8 Å². The third-order valence-corrected chi connectivity index (χ3v) is 7.40. The topological polar surface area (TPSA) is 109 Å². The van der Waals surface area contributed by atoms with Gasteiger partial charge in [0.1, 0.15) is 11.5 Å². The second-order valence-corrected chi connectivity index (χ2v) is 9.35. The van der Waals surface area contributed by atoms with Crippen LogP contribution in [0.1, 0.15) is 29.7 Å². The van der Waals surface area contributed by atoms with E-state index in [1.54, 1.807) is 18.2 Å². The number of fused-ring (bicyclic) bond motifs is 1. The van der Waals surface area contributed by atoms with Crippen molar-refractivity contribution in [2.75, 3.05) is 19.7 Å². The minimum Gasteiger partial charge on any atom is -0.396 e.